The number of halogens is 2. The number of hydrogen-bond donors (Lipinski definition) is 0. The molecule has 0 N–H and O–H groups in total. The molecule has 27 heavy (non-hydrogen) atoms. The molecule has 0 unspecified atom stereocenters. The molecule has 2 aromatic heterocycles. The molecule has 0 atom stereocenters. The van der Waals surface area contributed by atoms with Gasteiger partial charge in [-0.1, -0.05) is 12.1 Å². The Balaban J connectivity index is 0.000000170. The van der Waals surface area contributed by atoms with Crippen molar-refractivity contribution in [1.29, 1.82) is 0 Å². The minimum atomic E-state index is -0.472. The fraction of sp³-hybridized carbons (Fsp3) is 0.125. The number of methoxy groups -OCH3 is 2. The summed E-state index contributed by atoms with van der Waals surface area (Å²) in [5, 5.41) is 18.2. The Bertz CT molecular complexity index is 1030. The number of ether oxygens (including phenoxy) is 2. The second kappa shape index (κ2) is 10.9. The molecule has 2 aromatic carbocycles. The molecule has 2 heterocycles. The van der Waals surface area contributed by atoms with E-state index in [-0.39, 0.29) is 9.60 Å². The first-order chi connectivity index (χ1) is 13.0. The van der Waals surface area contributed by atoms with Gasteiger partial charge in [-0.25, -0.2) is 9.60 Å². The van der Waals surface area contributed by atoms with Gasteiger partial charge in [0.05, 0.1) is 14.2 Å². The zero-order valence-electron chi connectivity index (χ0n) is 14.0. The number of thiazole rings is 2. The molecule has 0 bridgehead atoms. The Morgan fingerprint density at radius 3 is 1.52 bits per heavy atom. The van der Waals surface area contributed by atoms with Gasteiger partial charge >= 0.3 is 35.3 Å². The number of hydrogen-bond acceptors (Lipinski definition) is 4. The van der Waals surface area contributed by atoms with Gasteiger partial charge in [-0.2, -0.15) is 22.7 Å². The van der Waals surface area contributed by atoms with E-state index < -0.39 is 16.5 Å². The Morgan fingerprint density at radius 1 is 0.815 bits per heavy atom. The summed E-state index contributed by atoms with van der Waals surface area (Å²) < 4.78 is 11.9. The van der Waals surface area contributed by atoms with Crippen molar-refractivity contribution in [2.24, 2.45) is 0 Å². The molecule has 0 amide bonds. The van der Waals surface area contributed by atoms with Gasteiger partial charge in [0, 0.05) is 9.40 Å². The van der Waals surface area contributed by atoms with Crippen LogP contribution in [0.1, 0.15) is 0 Å². The topological polar surface area (TPSA) is 91.3 Å². The predicted molar refractivity (Wildman–Crippen MR) is 108 cm³/mol. The van der Waals surface area contributed by atoms with Crippen LogP contribution in [0.4, 0.5) is 0 Å². The van der Waals surface area contributed by atoms with Crippen LogP contribution in [-0.4, -0.2) is 14.2 Å². The van der Waals surface area contributed by atoms with Crippen LogP contribution in [-0.2, 0) is 16.5 Å². The van der Waals surface area contributed by atoms with Crippen molar-refractivity contribution in [3.05, 3.63) is 56.8 Å². The van der Waals surface area contributed by atoms with Gasteiger partial charge in [0.1, 0.15) is 11.5 Å². The maximum absolute atomic E-state index is 9.09. The predicted octanol–water partition coefficient (Wildman–Crippen LogP) is 4.05. The summed E-state index contributed by atoms with van der Waals surface area (Å²) in [7, 11) is 13.0. The summed E-state index contributed by atoms with van der Waals surface area (Å²) in [6, 6.07) is 11.0. The van der Waals surface area contributed by atoms with E-state index in [0.29, 0.717) is 0 Å². The van der Waals surface area contributed by atoms with Crippen LogP contribution < -0.4 is 29.0 Å². The molecule has 148 valence electrons. The van der Waals surface area contributed by atoms with Crippen molar-refractivity contribution in [3.63, 3.8) is 0 Å². The summed E-state index contributed by atoms with van der Waals surface area (Å²) >= 11 is 2.02. The first-order valence-electron chi connectivity index (χ1n) is 7.10. The standard InChI is InChI=1S/2C8H6N2OS.2ClH.Pt/c2*1-11-5-2-3-6-7(4-5)12-8(9)10-6;;;/h2*2-4H,1H3;2*1H;/q2*-2;;;+2/p-2. The maximum atomic E-state index is 9.09. The first kappa shape index (κ1) is 22.0. The first-order valence-corrected chi connectivity index (χ1v) is 14.4. The van der Waals surface area contributed by atoms with Gasteiger partial charge in [-0.05, 0) is 24.3 Å². The number of aromatic nitrogens is 2. The molecule has 6 nitrogen and oxygen atoms in total. The number of fused-ring (bicyclic) bond motifs is 2. The van der Waals surface area contributed by atoms with Gasteiger partial charge in [-0.15, -0.1) is 11.0 Å². The molecule has 4 aromatic rings. The van der Waals surface area contributed by atoms with Gasteiger partial charge in [0.15, 0.2) is 0 Å². The van der Waals surface area contributed by atoms with Gasteiger partial charge in [0.2, 0.25) is 0 Å². The minimum absolute atomic E-state index is 0.0956. The van der Waals surface area contributed by atoms with Gasteiger partial charge < -0.3 is 30.3 Å². The molecule has 0 fully saturated rings. The van der Waals surface area contributed by atoms with Crippen LogP contribution in [0.5, 0.6) is 11.5 Å². The van der Waals surface area contributed by atoms with Crippen molar-refractivity contribution < 1.29 is 26.0 Å². The van der Waals surface area contributed by atoms with E-state index in [1.807, 2.05) is 36.4 Å². The summed E-state index contributed by atoms with van der Waals surface area (Å²) in [6.45, 7) is 0. The normalized spacial score (nSPS) is 10.1. The number of rotatable bonds is 2. The van der Waals surface area contributed by atoms with Crippen LogP contribution in [0.2, 0.25) is 0 Å². The average molecular weight is 622 g/mol. The van der Waals surface area contributed by atoms with E-state index in [1.165, 1.54) is 22.7 Å². The molecule has 0 spiro atoms. The fourth-order valence-electron chi connectivity index (χ4n) is 2.04. The van der Waals surface area contributed by atoms with Crippen molar-refractivity contribution in [1.82, 2.24) is 9.97 Å². The number of benzene rings is 2. The molecule has 11 heteroatoms. The molecule has 0 aliphatic heterocycles. The third-order valence-corrected chi connectivity index (χ3v) is 4.81. The van der Waals surface area contributed by atoms with Crippen LogP contribution in [0.3, 0.4) is 0 Å². The summed E-state index contributed by atoms with van der Waals surface area (Å²) in [4.78, 5) is 8.01. The van der Waals surface area contributed by atoms with Crippen LogP contribution >= 0.6 is 41.5 Å². The average Bonchev–Trinajstić information content (AvgIpc) is 3.21. The zero-order valence-corrected chi connectivity index (χ0v) is 19.4. The zero-order chi connectivity index (χ0) is 19.8. The molecular formula is C16H12Cl2N4O2PtS2-4. The van der Waals surface area contributed by atoms with E-state index >= 15 is 0 Å². The van der Waals surface area contributed by atoms with Crippen molar-refractivity contribution in [2.75, 3.05) is 14.2 Å². The van der Waals surface area contributed by atoms with E-state index in [9.17, 15) is 0 Å². The fourth-order valence-corrected chi connectivity index (χ4v) is 3.51. The van der Waals surface area contributed by atoms with Crippen LogP contribution in [0.15, 0.2) is 36.4 Å². The third kappa shape index (κ3) is 6.36. The SMILES string of the molecule is COc1ccc2[n-]c(=[N-])sc2c1.COc1ccc2[n-]c(=[N-])sc2c1.[Cl][Pt][Cl]. The van der Waals surface area contributed by atoms with E-state index in [4.69, 9.17) is 39.1 Å². The third-order valence-electron chi connectivity index (χ3n) is 3.17. The molecular weight excluding hydrogens is 610 g/mol. The summed E-state index contributed by atoms with van der Waals surface area (Å²) in [5.74, 6) is 1.57. The Labute approximate surface area is 179 Å². The molecule has 0 saturated carbocycles. The van der Waals surface area contributed by atoms with Gasteiger partial charge in [0.25, 0.3) is 0 Å². The number of nitrogens with zero attached hydrogens (tertiary/aromatic N) is 4. The Morgan fingerprint density at radius 2 is 1.19 bits per heavy atom. The molecule has 4 rings (SSSR count). The van der Waals surface area contributed by atoms with Crippen LogP contribution in [0, 0.1) is 0 Å². The van der Waals surface area contributed by atoms with Crippen LogP contribution in [0.25, 0.3) is 31.3 Å². The van der Waals surface area contributed by atoms with Crippen molar-refractivity contribution >= 4 is 61.9 Å². The molecule has 0 saturated heterocycles. The monoisotopic (exact) mass is 621 g/mol. The quantitative estimate of drug-likeness (QED) is 0.338. The van der Waals surface area contributed by atoms with E-state index in [2.05, 4.69) is 9.97 Å². The van der Waals surface area contributed by atoms with E-state index in [0.717, 1.165) is 31.9 Å². The van der Waals surface area contributed by atoms with Gasteiger partial charge in [-0.3, -0.25) is 0 Å². The summed E-state index contributed by atoms with van der Waals surface area (Å²) in [5.41, 5.74) is 1.61. The molecule has 0 radical (unpaired) electrons. The molecule has 0 aliphatic rings. The second-order valence-corrected chi connectivity index (χ2v) is 10.0. The second-order valence-electron chi connectivity index (χ2n) is 4.71. The Hall–Kier alpha value is -1.31. The molecule has 0 aliphatic carbocycles. The van der Waals surface area contributed by atoms with Crippen molar-refractivity contribution in [3.8, 4) is 11.5 Å². The van der Waals surface area contributed by atoms with Crippen molar-refractivity contribution in [2.45, 2.75) is 0 Å². The summed E-state index contributed by atoms with van der Waals surface area (Å²) in [6.07, 6.45) is 0. The van der Waals surface area contributed by atoms with E-state index in [1.54, 1.807) is 14.2 Å². The Kier molecular flexibility index (Phi) is 8.86.